The first-order valence-corrected chi connectivity index (χ1v) is 13.9. The van der Waals surface area contributed by atoms with Crippen molar-refractivity contribution in [2.45, 2.75) is 83.8 Å². The number of nitrogens with two attached hydrogens (primary N) is 1. The van der Waals surface area contributed by atoms with Gasteiger partial charge in [-0.25, -0.2) is 4.79 Å². The molecule has 0 bridgehead atoms. The Hall–Kier alpha value is -2.41. The molecule has 4 aliphatic rings. The molecular formula is C29H40N4O3. The van der Waals surface area contributed by atoms with E-state index in [1.54, 1.807) is 24.3 Å². The summed E-state index contributed by atoms with van der Waals surface area (Å²) in [6, 6.07) is 7.06. The molecule has 4 fully saturated rings. The highest BCUT2D eigenvalue weighted by Crippen LogP contribution is 2.64. The molecule has 194 valence electrons. The fraction of sp³-hybridized carbons (Fsp3) is 0.690. The van der Waals surface area contributed by atoms with E-state index in [9.17, 15) is 14.7 Å². The number of rotatable bonds is 4. The number of fused-ring (bicyclic) bond motifs is 5. The number of aliphatic hydroxyl groups is 1. The lowest BCUT2D eigenvalue weighted by molar-refractivity contribution is -0.133. The van der Waals surface area contributed by atoms with Crippen LogP contribution in [0.4, 0.5) is 5.69 Å². The first-order valence-electron chi connectivity index (χ1n) is 13.9. The molecule has 0 saturated heterocycles. The van der Waals surface area contributed by atoms with E-state index in [-0.39, 0.29) is 29.4 Å². The van der Waals surface area contributed by atoms with Crippen LogP contribution in [0.5, 0.6) is 0 Å². The van der Waals surface area contributed by atoms with Crippen LogP contribution in [0.25, 0.3) is 5.69 Å². The Kier molecular flexibility index (Phi) is 5.71. The molecule has 4 aliphatic carbocycles. The SMILES string of the molecule is C[C@@]1(O)CC[C@H]2[C@H](CC[C@@H]3[C@@H]2CC[C@]2(C)[C@@H](C(=O)Cn4cnn(-c5cccc(N)c5)c4=O)CC[C@@H]32)C1. The molecule has 36 heavy (non-hydrogen) atoms. The molecular weight excluding hydrogens is 452 g/mol. The van der Waals surface area contributed by atoms with Crippen LogP contribution in [0.15, 0.2) is 35.4 Å². The van der Waals surface area contributed by atoms with Crippen LogP contribution in [0.3, 0.4) is 0 Å². The van der Waals surface area contributed by atoms with Gasteiger partial charge in [-0.15, -0.1) is 0 Å². The fourth-order valence-electron chi connectivity index (χ4n) is 9.17. The van der Waals surface area contributed by atoms with Crippen LogP contribution in [-0.2, 0) is 11.3 Å². The zero-order chi connectivity index (χ0) is 25.2. The molecule has 3 N–H and O–H groups in total. The number of nitrogens with zero attached hydrogens (tertiary/aromatic N) is 3. The van der Waals surface area contributed by atoms with Crippen LogP contribution >= 0.6 is 0 Å². The Morgan fingerprint density at radius 2 is 1.89 bits per heavy atom. The number of Topliss-reactive ketones (excluding diaryl/α,β-unsaturated/α-hetero) is 1. The zero-order valence-corrected chi connectivity index (χ0v) is 21.6. The summed E-state index contributed by atoms with van der Waals surface area (Å²) in [6.07, 6.45) is 11.4. The van der Waals surface area contributed by atoms with E-state index in [0.717, 1.165) is 50.4 Å². The van der Waals surface area contributed by atoms with Gasteiger partial charge in [0, 0.05) is 11.6 Å². The molecule has 0 spiro atoms. The number of hydrogen-bond acceptors (Lipinski definition) is 5. The van der Waals surface area contributed by atoms with E-state index in [4.69, 9.17) is 5.73 Å². The molecule has 6 rings (SSSR count). The smallest absolute Gasteiger partial charge is 0.350 e. The van der Waals surface area contributed by atoms with E-state index < -0.39 is 5.60 Å². The minimum Gasteiger partial charge on any atom is -0.399 e. The lowest BCUT2D eigenvalue weighted by Crippen LogP contribution is -2.51. The molecule has 0 radical (unpaired) electrons. The Morgan fingerprint density at radius 3 is 2.69 bits per heavy atom. The predicted molar refractivity (Wildman–Crippen MR) is 138 cm³/mol. The molecule has 4 saturated carbocycles. The van der Waals surface area contributed by atoms with Crippen LogP contribution in [-0.4, -0.2) is 30.8 Å². The standard InChI is InChI=1S/C29H40N4O3/c1-28(36)12-10-21-18(15-28)6-7-23-22(21)11-13-29(2)24(23)8-9-25(29)26(34)16-32-17-31-33(27(32)35)20-5-3-4-19(30)14-20/h3-5,14,17-18,21-25,36H,6-13,15-16,30H2,1-2H3/t18-,21+,22-,23-,24+,25-,28-,29+/m1/s1. The summed E-state index contributed by atoms with van der Waals surface area (Å²) in [6.45, 7) is 4.47. The third kappa shape index (κ3) is 3.85. The van der Waals surface area contributed by atoms with Gasteiger partial charge in [0.25, 0.3) is 0 Å². The van der Waals surface area contributed by atoms with Crippen LogP contribution in [0, 0.1) is 40.9 Å². The van der Waals surface area contributed by atoms with E-state index in [1.807, 2.05) is 6.92 Å². The number of benzene rings is 1. The van der Waals surface area contributed by atoms with Crippen molar-refractivity contribution in [3.8, 4) is 5.69 Å². The van der Waals surface area contributed by atoms with Gasteiger partial charge >= 0.3 is 5.69 Å². The van der Waals surface area contributed by atoms with Gasteiger partial charge in [0.2, 0.25) is 0 Å². The highest BCUT2D eigenvalue weighted by atomic mass is 16.3. The van der Waals surface area contributed by atoms with E-state index in [1.165, 1.54) is 34.8 Å². The molecule has 1 aromatic carbocycles. The van der Waals surface area contributed by atoms with Gasteiger partial charge in [-0.3, -0.25) is 9.36 Å². The van der Waals surface area contributed by atoms with Gasteiger partial charge in [0.05, 0.1) is 17.8 Å². The second-order valence-electron chi connectivity index (χ2n) is 12.9. The summed E-state index contributed by atoms with van der Waals surface area (Å²) in [5.74, 6) is 3.67. The van der Waals surface area contributed by atoms with Gasteiger partial charge in [-0.05, 0) is 118 Å². The highest BCUT2D eigenvalue weighted by Gasteiger charge is 2.58. The molecule has 0 unspecified atom stereocenters. The van der Waals surface area contributed by atoms with Crippen molar-refractivity contribution in [1.82, 2.24) is 14.3 Å². The lowest BCUT2D eigenvalue weighted by Gasteiger charge is -2.56. The first-order chi connectivity index (χ1) is 17.2. The first kappa shape index (κ1) is 24.0. The minimum atomic E-state index is -0.485. The fourth-order valence-corrected chi connectivity index (χ4v) is 9.17. The van der Waals surface area contributed by atoms with Gasteiger partial charge in [0.1, 0.15) is 6.33 Å². The summed E-state index contributed by atoms with van der Waals surface area (Å²) >= 11 is 0. The normalized spacial score (nSPS) is 39.8. The number of hydrogen-bond donors (Lipinski definition) is 2. The van der Waals surface area contributed by atoms with Crippen LogP contribution < -0.4 is 11.4 Å². The van der Waals surface area contributed by atoms with Crippen LogP contribution in [0.2, 0.25) is 0 Å². The number of nitrogen functional groups attached to an aromatic ring is 1. The summed E-state index contributed by atoms with van der Waals surface area (Å²) < 4.78 is 2.76. The topological polar surface area (TPSA) is 103 Å². The maximum absolute atomic E-state index is 13.6. The maximum atomic E-state index is 13.6. The molecule has 7 heteroatoms. The quantitative estimate of drug-likeness (QED) is 0.623. The predicted octanol–water partition coefficient (Wildman–Crippen LogP) is 4.21. The largest absolute Gasteiger partial charge is 0.399 e. The van der Waals surface area contributed by atoms with Crippen molar-refractivity contribution in [1.29, 1.82) is 0 Å². The van der Waals surface area contributed by atoms with Crippen LogP contribution in [0.1, 0.15) is 71.6 Å². The summed E-state index contributed by atoms with van der Waals surface area (Å²) in [7, 11) is 0. The molecule has 0 amide bonds. The van der Waals surface area contributed by atoms with Crippen molar-refractivity contribution in [2.75, 3.05) is 5.73 Å². The van der Waals surface area contributed by atoms with E-state index in [0.29, 0.717) is 29.1 Å². The Labute approximate surface area is 213 Å². The number of carbonyl (C=O) groups is 1. The second-order valence-corrected chi connectivity index (χ2v) is 12.9. The molecule has 8 atom stereocenters. The second kappa shape index (κ2) is 8.57. The number of aromatic nitrogens is 3. The van der Waals surface area contributed by atoms with Gasteiger partial charge in [-0.2, -0.15) is 9.78 Å². The average molecular weight is 493 g/mol. The minimum absolute atomic E-state index is 0.0101. The number of ketones is 1. The van der Waals surface area contributed by atoms with Gasteiger partial charge in [-0.1, -0.05) is 13.0 Å². The van der Waals surface area contributed by atoms with Gasteiger partial charge in [0.15, 0.2) is 5.78 Å². The summed E-state index contributed by atoms with van der Waals surface area (Å²) in [4.78, 5) is 26.7. The van der Waals surface area contributed by atoms with Crippen molar-refractivity contribution < 1.29 is 9.90 Å². The molecule has 2 aromatic rings. The summed E-state index contributed by atoms with van der Waals surface area (Å²) in [5.41, 5.74) is 6.29. The van der Waals surface area contributed by atoms with Crippen molar-refractivity contribution in [2.24, 2.45) is 40.9 Å². The molecule has 7 nitrogen and oxygen atoms in total. The highest BCUT2D eigenvalue weighted by molar-refractivity contribution is 5.82. The van der Waals surface area contributed by atoms with Gasteiger partial charge < -0.3 is 10.8 Å². The Morgan fingerprint density at radius 1 is 1.08 bits per heavy atom. The molecule has 1 heterocycles. The lowest BCUT2D eigenvalue weighted by atomic mass is 9.49. The average Bonchev–Trinajstić information content (AvgIpc) is 3.37. The zero-order valence-electron chi connectivity index (χ0n) is 21.6. The number of anilines is 1. The van der Waals surface area contributed by atoms with Crippen molar-refractivity contribution >= 4 is 11.5 Å². The molecule has 1 aromatic heterocycles. The van der Waals surface area contributed by atoms with Crippen molar-refractivity contribution in [3.63, 3.8) is 0 Å². The monoisotopic (exact) mass is 492 g/mol. The molecule has 0 aliphatic heterocycles. The van der Waals surface area contributed by atoms with Crippen molar-refractivity contribution in [3.05, 3.63) is 41.1 Å². The third-order valence-electron chi connectivity index (χ3n) is 10.8. The maximum Gasteiger partial charge on any atom is 0.350 e. The summed E-state index contributed by atoms with van der Waals surface area (Å²) in [5, 5.41) is 14.9. The Bertz CT molecular complexity index is 1220. The van der Waals surface area contributed by atoms with E-state index >= 15 is 0 Å². The number of carbonyl (C=O) groups excluding carboxylic acids is 1. The third-order valence-corrected chi connectivity index (χ3v) is 10.8. The van der Waals surface area contributed by atoms with E-state index in [2.05, 4.69) is 12.0 Å². The Balaban J connectivity index is 1.17.